The first-order valence-corrected chi connectivity index (χ1v) is 12.8. The van der Waals surface area contributed by atoms with Gasteiger partial charge < -0.3 is 15.0 Å². The number of carbonyl (C=O) groups is 1. The van der Waals surface area contributed by atoms with E-state index < -0.39 is 10.0 Å². The van der Waals surface area contributed by atoms with Gasteiger partial charge in [0, 0.05) is 49.4 Å². The van der Waals surface area contributed by atoms with E-state index in [2.05, 4.69) is 20.2 Å². The first kappa shape index (κ1) is 24.6. The van der Waals surface area contributed by atoms with E-state index >= 15 is 0 Å². The number of hydrogen-bond acceptors (Lipinski definition) is 7. The number of nitrogens with one attached hydrogen (secondary N) is 1. The Balaban J connectivity index is 1.41. The lowest BCUT2D eigenvalue weighted by Crippen LogP contribution is -2.48. The molecule has 184 valence electrons. The van der Waals surface area contributed by atoms with E-state index in [9.17, 15) is 13.2 Å². The maximum absolute atomic E-state index is 13.1. The zero-order chi connectivity index (χ0) is 25.0. The van der Waals surface area contributed by atoms with Crippen molar-refractivity contribution in [2.45, 2.75) is 18.7 Å². The number of rotatable bonds is 7. The molecule has 10 heteroatoms. The van der Waals surface area contributed by atoms with Crippen LogP contribution in [0.1, 0.15) is 13.8 Å². The van der Waals surface area contributed by atoms with E-state index in [0.717, 1.165) is 22.8 Å². The third kappa shape index (κ3) is 5.60. The molecule has 35 heavy (non-hydrogen) atoms. The molecule has 1 amide bonds. The Hall–Kier alpha value is -3.50. The molecule has 0 unspecified atom stereocenters. The Morgan fingerprint density at radius 1 is 0.971 bits per heavy atom. The van der Waals surface area contributed by atoms with Crippen molar-refractivity contribution >= 4 is 27.4 Å². The highest BCUT2D eigenvalue weighted by atomic mass is 32.2. The van der Waals surface area contributed by atoms with Crippen molar-refractivity contribution in [2.75, 3.05) is 43.5 Å². The van der Waals surface area contributed by atoms with Crippen LogP contribution in [0.15, 0.2) is 65.8 Å². The summed E-state index contributed by atoms with van der Waals surface area (Å²) in [5, 5.41) is 2.77. The van der Waals surface area contributed by atoms with Crippen LogP contribution in [-0.4, -0.2) is 61.9 Å². The fourth-order valence-corrected chi connectivity index (χ4v) is 5.17. The highest BCUT2D eigenvalue weighted by molar-refractivity contribution is 7.89. The van der Waals surface area contributed by atoms with Gasteiger partial charge in [0.15, 0.2) is 0 Å². The molecular formula is C25H29N5O4S. The minimum Gasteiger partial charge on any atom is -0.497 e. The third-order valence-electron chi connectivity index (χ3n) is 5.89. The average molecular weight is 496 g/mol. The van der Waals surface area contributed by atoms with Crippen LogP contribution in [0, 0.1) is 5.92 Å². The molecule has 0 aliphatic carbocycles. The quantitative estimate of drug-likeness (QED) is 0.536. The number of sulfonamides is 1. The predicted molar refractivity (Wildman–Crippen MR) is 135 cm³/mol. The highest BCUT2D eigenvalue weighted by Crippen LogP contribution is 2.25. The molecule has 0 bridgehead atoms. The Kier molecular flexibility index (Phi) is 7.32. The molecule has 3 aromatic rings. The van der Waals surface area contributed by atoms with Gasteiger partial charge in [0.2, 0.25) is 15.9 Å². The van der Waals surface area contributed by atoms with Crippen molar-refractivity contribution in [1.29, 1.82) is 0 Å². The lowest BCUT2D eigenvalue weighted by Gasteiger charge is -2.34. The maximum Gasteiger partial charge on any atom is 0.243 e. The second-order valence-electron chi connectivity index (χ2n) is 8.55. The number of hydrogen-bond donors (Lipinski definition) is 1. The Labute approximate surface area is 205 Å². The molecule has 4 rings (SSSR count). The van der Waals surface area contributed by atoms with Crippen LogP contribution in [0.4, 0.5) is 11.5 Å². The molecule has 0 atom stereocenters. The van der Waals surface area contributed by atoms with Gasteiger partial charge in [-0.25, -0.2) is 18.4 Å². The normalized spacial score (nSPS) is 14.7. The van der Waals surface area contributed by atoms with Crippen molar-refractivity contribution in [3.05, 3.63) is 60.9 Å². The summed E-state index contributed by atoms with van der Waals surface area (Å²) in [6, 6.07) is 15.8. The van der Waals surface area contributed by atoms with Gasteiger partial charge in [0.05, 0.1) is 17.7 Å². The predicted octanol–water partition coefficient (Wildman–Crippen LogP) is 3.26. The van der Waals surface area contributed by atoms with Gasteiger partial charge in [-0.05, 0) is 48.5 Å². The average Bonchev–Trinajstić information content (AvgIpc) is 2.89. The van der Waals surface area contributed by atoms with Crippen molar-refractivity contribution in [2.24, 2.45) is 5.92 Å². The number of carbonyl (C=O) groups excluding carboxylic acids is 1. The van der Waals surface area contributed by atoms with Gasteiger partial charge in [0.1, 0.15) is 17.9 Å². The van der Waals surface area contributed by atoms with Crippen LogP contribution in [0.5, 0.6) is 5.75 Å². The van der Waals surface area contributed by atoms with E-state index in [1.54, 1.807) is 33.1 Å². The monoisotopic (exact) mass is 495 g/mol. The van der Waals surface area contributed by atoms with Gasteiger partial charge in [-0.2, -0.15) is 4.31 Å². The fraction of sp³-hybridized carbons (Fsp3) is 0.320. The van der Waals surface area contributed by atoms with Crippen LogP contribution in [-0.2, 0) is 14.8 Å². The summed E-state index contributed by atoms with van der Waals surface area (Å²) in [4.78, 5) is 22.9. The highest BCUT2D eigenvalue weighted by Gasteiger charge is 2.29. The van der Waals surface area contributed by atoms with Crippen LogP contribution in [0.3, 0.4) is 0 Å². The van der Waals surface area contributed by atoms with Gasteiger partial charge >= 0.3 is 0 Å². The van der Waals surface area contributed by atoms with Crippen molar-refractivity contribution in [3.8, 4) is 17.0 Å². The summed E-state index contributed by atoms with van der Waals surface area (Å²) >= 11 is 0. The molecule has 0 spiro atoms. The molecule has 1 aliphatic heterocycles. The number of nitrogens with zero attached hydrogens (tertiary/aromatic N) is 4. The number of methoxy groups -OCH3 is 1. The van der Waals surface area contributed by atoms with E-state index in [4.69, 9.17) is 4.74 Å². The minimum absolute atomic E-state index is 0.114. The standard InChI is InChI=1S/C25H29N5O4S/c1-18(2)25(31)28-20-6-10-22(11-7-20)35(32,33)30-14-12-29(13-15-30)24-16-23(26-17-27-24)19-4-8-21(34-3)9-5-19/h4-11,16-18H,12-15H2,1-3H3,(H,28,31). The third-order valence-corrected chi connectivity index (χ3v) is 7.80. The number of benzene rings is 2. The molecule has 2 heterocycles. The molecule has 1 N–H and O–H groups in total. The van der Waals surface area contributed by atoms with Gasteiger partial charge in [-0.15, -0.1) is 0 Å². The SMILES string of the molecule is COc1ccc(-c2cc(N3CCN(S(=O)(=O)c4ccc(NC(=O)C(C)C)cc4)CC3)ncn2)cc1. The zero-order valence-corrected chi connectivity index (χ0v) is 20.8. The number of piperazine rings is 1. The summed E-state index contributed by atoms with van der Waals surface area (Å²) in [5.74, 6) is 1.26. The van der Waals surface area contributed by atoms with Crippen molar-refractivity contribution in [1.82, 2.24) is 14.3 Å². The molecule has 0 radical (unpaired) electrons. The topological polar surface area (TPSA) is 105 Å². The smallest absolute Gasteiger partial charge is 0.243 e. The lowest BCUT2D eigenvalue weighted by atomic mass is 10.1. The number of anilines is 2. The van der Waals surface area contributed by atoms with Crippen LogP contribution < -0.4 is 15.0 Å². The molecule has 2 aromatic carbocycles. The summed E-state index contributed by atoms with van der Waals surface area (Å²) in [7, 11) is -2.01. The Bertz CT molecular complexity index is 1270. The largest absolute Gasteiger partial charge is 0.497 e. The molecule has 1 aromatic heterocycles. The lowest BCUT2D eigenvalue weighted by molar-refractivity contribution is -0.118. The zero-order valence-electron chi connectivity index (χ0n) is 20.0. The summed E-state index contributed by atoms with van der Waals surface area (Å²) < 4.78 is 33.0. The van der Waals surface area contributed by atoms with E-state index in [0.29, 0.717) is 31.9 Å². The van der Waals surface area contributed by atoms with Crippen LogP contribution in [0.2, 0.25) is 0 Å². The second kappa shape index (κ2) is 10.4. The van der Waals surface area contributed by atoms with Crippen LogP contribution >= 0.6 is 0 Å². The molecular weight excluding hydrogens is 466 g/mol. The van der Waals surface area contributed by atoms with Gasteiger partial charge in [0.25, 0.3) is 0 Å². The van der Waals surface area contributed by atoms with Crippen molar-refractivity contribution < 1.29 is 17.9 Å². The summed E-state index contributed by atoms with van der Waals surface area (Å²) in [6.45, 7) is 5.32. The minimum atomic E-state index is -3.64. The first-order valence-electron chi connectivity index (χ1n) is 11.4. The number of ether oxygens (including phenoxy) is 1. The van der Waals surface area contributed by atoms with E-state index in [1.807, 2.05) is 30.3 Å². The van der Waals surface area contributed by atoms with Crippen LogP contribution in [0.25, 0.3) is 11.3 Å². The van der Waals surface area contributed by atoms with Crippen molar-refractivity contribution in [3.63, 3.8) is 0 Å². The Morgan fingerprint density at radius 2 is 1.63 bits per heavy atom. The Morgan fingerprint density at radius 3 is 2.23 bits per heavy atom. The van der Waals surface area contributed by atoms with Gasteiger partial charge in [-0.1, -0.05) is 13.8 Å². The molecule has 1 saturated heterocycles. The molecule has 0 saturated carbocycles. The number of aromatic nitrogens is 2. The fourth-order valence-electron chi connectivity index (χ4n) is 3.74. The van der Waals surface area contributed by atoms with E-state index in [1.165, 1.54) is 22.8 Å². The first-order chi connectivity index (χ1) is 16.8. The molecule has 9 nitrogen and oxygen atoms in total. The summed E-state index contributed by atoms with van der Waals surface area (Å²) in [5.41, 5.74) is 2.31. The summed E-state index contributed by atoms with van der Waals surface area (Å²) in [6.07, 6.45) is 1.53. The second-order valence-corrected chi connectivity index (χ2v) is 10.5. The van der Waals surface area contributed by atoms with E-state index in [-0.39, 0.29) is 16.7 Å². The molecule has 1 aliphatic rings. The maximum atomic E-state index is 13.1. The number of amides is 1. The van der Waals surface area contributed by atoms with Gasteiger partial charge in [-0.3, -0.25) is 4.79 Å². The molecule has 1 fully saturated rings.